The van der Waals surface area contributed by atoms with Crippen LogP contribution in [0.2, 0.25) is 0 Å². The molecule has 2 N–H and O–H groups in total. The standard InChI is InChI=1S/C43H51N3O8/c1-43(2,3)54-42(49)46-22-20-29(21-23-46)26-45-39(47)27-44-37-19-18-35(40(48)31-12-15-33(50-4)16-13-31)36(41(37)53-28-30-10-8-7-9-11-30)24-32-14-17-34(51-5)25-38(32)52-6/h7-19,25,29,44H,20-24,26-28H2,1-6H3,(H,45,47). The summed E-state index contributed by atoms with van der Waals surface area (Å²) in [5.41, 5.74) is 3.37. The molecule has 4 aromatic rings. The second-order valence-corrected chi connectivity index (χ2v) is 14.2. The van der Waals surface area contributed by atoms with E-state index in [0.29, 0.717) is 65.0 Å². The van der Waals surface area contributed by atoms with Crippen molar-refractivity contribution in [3.8, 4) is 23.0 Å². The Morgan fingerprint density at radius 3 is 2.15 bits per heavy atom. The summed E-state index contributed by atoms with van der Waals surface area (Å²) in [4.78, 5) is 41.6. The molecule has 0 aliphatic carbocycles. The van der Waals surface area contributed by atoms with Crippen molar-refractivity contribution in [3.05, 3.63) is 113 Å². The number of amides is 2. The Hall–Kier alpha value is -5.71. The molecule has 1 aliphatic heterocycles. The summed E-state index contributed by atoms with van der Waals surface area (Å²) in [6.07, 6.45) is 1.53. The fourth-order valence-electron chi connectivity index (χ4n) is 6.28. The first-order chi connectivity index (χ1) is 26.0. The molecule has 0 unspecified atom stereocenters. The minimum atomic E-state index is -0.545. The van der Waals surface area contributed by atoms with Gasteiger partial charge in [-0.3, -0.25) is 9.59 Å². The van der Waals surface area contributed by atoms with E-state index in [-0.39, 0.29) is 43.3 Å². The zero-order valence-corrected chi connectivity index (χ0v) is 32.0. The van der Waals surface area contributed by atoms with Crippen LogP contribution in [0.5, 0.6) is 23.0 Å². The number of carbonyl (C=O) groups excluding carboxylic acids is 3. The van der Waals surface area contributed by atoms with Gasteiger partial charge in [-0.2, -0.15) is 0 Å². The monoisotopic (exact) mass is 737 g/mol. The minimum Gasteiger partial charge on any atom is -0.497 e. The van der Waals surface area contributed by atoms with Gasteiger partial charge in [-0.25, -0.2) is 4.79 Å². The Morgan fingerprint density at radius 2 is 1.50 bits per heavy atom. The third-order valence-corrected chi connectivity index (χ3v) is 9.24. The maximum atomic E-state index is 14.2. The maximum Gasteiger partial charge on any atom is 0.410 e. The lowest BCUT2D eigenvalue weighted by Gasteiger charge is -2.33. The molecule has 11 nitrogen and oxygen atoms in total. The number of likely N-dealkylation sites (tertiary alicyclic amines) is 1. The average Bonchev–Trinajstić information content (AvgIpc) is 3.18. The number of piperidine rings is 1. The number of benzene rings is 4. The van der Waals surface area contributed by atoms with Gasteiger partial charge in [0, 0.05) is 48.8 Å². The third kappa shape index (κ3) is 10.7. The molecule has 4 aromatic carbocycles. The molecule has 2 amide bonds. The fraction of sp³-hybridized carbons (Fsp3) is 0.372. The quantitative estimate of drug-likeness (QED) is 0.121. The van der Waals surface area contributed by atoms with Gasteiger partial charge < -0.3 is 39.2 Å². The molecule has 0 saturated carbocycles. The average molecular weight is 738 g/mol. The van der Waals surface area contributed by atoms with Crippen LogP contribution in [0.4, 0.5) is 10.5 Å². The van der Waals surface area contributed by atoms with Gasteiger partial charge in [0.25, 0.3) is 0 Å². The molecule has 0 atom stereocenters. The largest absolute Gasteiger partial charge is 0.497 e. The Kier molecular flexibility index (Phi) is 13.4. The lowest BCUT2D eigenvalue weighted by molar-refractivity contribution is -0.119. The van der Waals surface area contributed by atoms with Crippen LogP contribution in [0.1, 0.15) is 66.2 Å². The number of rotatable bonds is 15. The molecule has 0 aromatic heterocycles. The summed E-state index contributed by atoms with van der Waals surface area (Å²) < 4.78 is 28.6. The van der Waals surface area contributed by atoms with E-state index in [4.69, 9.17) is 23.7 Å². The predicted molar refractivity (Wildman–Crippen MR) is 208 cm³/mol. The molecule has 54 heavy (non-hydrogen) atoms. The number of hydrogen-bond acceptors (Lipinski definition) is 9. The van der Waals surface area contributed by atoms with Gasteiger partial charge in [-0.1, -0.05) is 36.4 Å². The second kappa shape index (κ2) is 18.4. The van der Waals surface area contributed by atoms with E-state index in [2.05, 4.69) is 10.6 Å². The Balaban J connectivity index is 1.39. The Labute approximate surface area is 317 Å². The van der Waals surface area contributed by atoms with E-state index >= 15 is 0 Å². The fourth-order valence-corrected chi connectivity index (χ4v) is 6.28. The lowest BCUT2D eigenvalue weighted by Crippen LogP contribution is -2.44. The molecule has 0 bridgehead atoms. The predicted octanol–water partition coefficient (Wildman–Crippen LogP) is 7.29. The van der Waals surface area contributed by atoms with Crippen LogP contribution in [0.3, 0.4) is 0 Å². The highest BCUT2D eigenvalue weighted by atomic mass is 16.6. The van der Waals surface area contributed by atoms with Crippen molar-refractivity contribution in [2.24, 2.45) is 5.92 Å². The number of nitrogens with zero attached hydrogens (tertiary/aromatic N) is 1. The molecule has 1 heterocycles. The van der Waals surface area contributed by atoms with Crippen molar-refractivity contribution < 1.29 is 38.1 Å². The molecular formula is C43H51N3O8. The van der Waals surface area contributed by atoms with Crippen molar-refractivity contribution in [2.75, 3.05) is 52.8 Å². The highest BCUT2D eigenvalue weighted by molar-refractivity contribution is 6.10. The van der Waals surface area contributed by atoms with Crippen molar-refractivity contribution in [1.82, 2.24) is 10.2 Å². The molecule has 0 radical (unpaired) electrons. The summed E-state index contributed by atoms with van der Waals surface area (Å²) in [5, 5.41) is 6.34. The van der Waals surface area contributed by atoms with Crippen molar-refractivity contribution in [3.63, 3.8) is 0 Å². The number of carbonyl (C=O) groups is 3. The number of methoxy groups -OCH3 is 3. The van der Waals surface area contributed by atoms with Crippen LogP contribution in [0.25, 0.3) is 0 Å². The molecule has 5 rings (SSSR count). The maximum absolute atomic E-state index is 14.2. The van der Waals surface area contributed by atoms with Gasteiger partial charge in [-0.15, -0.1) is 0 Å². The number of nitrogens with one attached hydrogen (secondary N) is 2. The number of hydrogen-bond donors (Lipinski definition) is 2. The Morgan fingerprint density at radius 1 is 0.815 bits per heavy atom. The molecule has 0 spiro atoms. The zero-order chi connectivity index (χ0) is 38.7. The summed E-state index contributed by atoms with van der Waals surface area (Å²) in [5.74, 6) is 2.21. The first kappa shape index (κ1) is 39.5. The SMILES string of the molecule is COc1ccc(C(=O)c2ccc(NCC(=O)NCC3CCN(C(=O)OC(C)(C)C)CC3)c(OCc3ccccc3)c2Cc2ccc(OC)cc2OC)cc1. The minimum absolute atomic E-state index is 0.0183. The van der Waals surface area contributed by atoms with E-state index in [1.54, 1.807) is 68.7 Å². The van der Waals surface area contributed by atoms with Crippen LogP contribution in [-0.2, 0) is 22.6 Å². The van der Waals surface area contributed by atoms with Crippen LogP contribution in [-0.4, -0.2) is 75.8 Å². The van der Waals surface area contributed by atoms with Crippen LogP contribution in [0, 0.1) is 5.92 Å². The van der Waals surface area contributed by atoms with E-state index in [9.17, 15) is 14.4 Å². The van der Waals surface area contributed by atoms with E-state index in [0.717, 1.165) is 24.0 Å². The normalized spacial score (nSPS) is 13.1. The number of anilines is 1. The lowest BCUT2D eigenvalue weighted by atomic mass is 9.92. The van der Waals surface area contributed by atoms with E-state index in [1.807, 2.05) is 63.2 Å². The highest BCUT2D eigenvalue weighted by Crippen LogP contribution is 2.38. The summed E-state index contributed by atoms with van der Waals surface area (Å²) in [6, 6.07) is 25.9. The first-order valence-corrected chi connectivity index (χ1v) is 18.2. The van der Waals surface area contributed by atoms with Crippen LogP contribution >= 0.6 is 0 Å². The van der Waals surface area contributed by atoms with E-state index < -0.39 is 5.60 Å². The number of ether oxygens (including phenoxy) is 5. The van der Waals surface area contributed by atoms with Gasteiger partial charge in [0.1, 0.15) is 35.2 Å². The smallest absolute Gasteiger partial charge is 0.410 e. The molecule has 11 heteroatoms. The molecule has 286 valence electrons. The number of ketones is 1. The van der Waals surface area contributed by atoms with Gasteiger partial charge in [0.15, 0.2) is 5.78 Å². The van der Waals surface area contributed by atoms with Gasteiger partial charge in [0.2, 0.25) is 5.91 Å². The molecule has 1 saturated heterocycles. The molecule has 1 aliphatic rings. The van der Waals surface area contributed by atoms with Crippen LogP contribution in [0.15, 0.2) is 84.9 Å². The topological polar surface area (TPSA) is 125 Å². The highest BCUT2D eigenvalue weighted by Gasteiger charge is 2.27. The molecule has 1 fully saturated rings. The van der Waals surface area contributed by atoms with E-state index in [1.165, 1.54) is 0 Å². The first-order valence-electron chi connectivity index (χ1n) is 18.2. The summed E-state index contributed by atoms with van der Waals surface area (Å²) in [6.45, 7) is 7.45. The molecular weight excluding hydrogens is 686 g/mol. The van der Waals surface area contributed by atoms with Gasteiger partial charge >= 0.3 is 6.09 Å². The second-order valence-electron chi connectivity index (χ2n) is 14.2. The summed E-state index contributed by atoms with van der Waals surface area (Å²) >= 11 is 0. The van der Waals surface area contributed by atoms with Crippen molar-refractivity contribution in [1.29, 1.82) is 0 Å². The van der Waals surface area contributed by atoms with Crippen molar-refractivity contribution in [2.45, 2.75) is 52.2 Å². The zero-order valence-electron chi connectivity index (χ0n) is 32.0. The third-order valence-electron chi connectivity index (χ3n) is 9.24. The van der Waals surface area contributed by atoms with Gasteiger partial charge in [0.05, 0.1) is 33.6 Å². The Bertz CT molecular complexity index is 1880. The summed E-state index contributed by atoms with van der Waals surface area (Å²) in [7, 11) is 4.77. The van der Waals surface area contributed by atoms with Gasteiger partial charge in [-0.05, 0) is 93.1 Å². The van der Waals surface area contributed by atoms with Crippen molar-refractivity contribution >= 4 is 23.5 Å². The van der Waals surface area contributed by atoms with Crippen LogP contribution < -0.4 is 29.6 Å².